The number of rotatable bonds is 4. The summed E-state index contributed by atoms with van der Waals surface area (Å²) in [4.78, 5) is 22.2. The molecule has 0 radical (unpaired) electrons. The van der Waals surface area contributed by atoms with Gasteiger partial charge in [-0.1, -0.05) is 29.8 Å². The van der Waals surface area contributed by atoms with Crippen molar-refractivity contribution >= 4 is 34.4 Å². The van der Waals surface area contributed by atoms with Crippen molar-refractivity contribution in [1.82, 2.24) is 25.1 Å². The van der Waals surface area contributed by atoms with E-state index in [1.54, 1.807) is 36.1 Å². The zero-order valence-corrected chi connectivity index (χ0v) is 18.1. The lowest BCUT2D eigenvalue weighted by atomic mass is 10.0. The third kappa shape index (κ3) is 3.44. The van der Waals surface area contributed by atoms with Gasteiger partial charge in [0.25, 0.3) is 5.91 Å². The number of carbonyl (C=O) groups is 1. The van der Waals surface area contributed by atoms with Crippen LogP contribution in [0.4, 0.5) is 5.95 Å². The Balaban J connectivity index is 1.60. The quantitative estimate of drug-likeness (QED) is 0.488. The van der Waals surface area contributed by atoms with Crippen molar-refractivity contribution in [1.29, 1.82) is 0 Å². The molecular weight excluding hydrogens is 428 g/mol. The lowest BCUT2D eigenvalue weighted by molar-refractivity contribution is 0.0961. The van der Waals surface area contributed by atoms with Crippen molar-refractivity contribution in [2.24, 2.45) is 0 Å². The van der Waals surface area contributed by atoms with Gasteiger partial charge in [-0.05, 0) is 43.3 Å². The number of carbonyl (C=O) groups excluding carboxylic acids is 1. The van der Waals surface area contributed by atoms with Gasteiger partial charge in [0.2, 0.25) is 5.95 Å². The number of nitrogens with zero attached hydrogens (tertiary/aromatic N) is 4. The Morgan fingerprint density at radius 1 is 1.16 bits per heavy atom. The largest absolute Gasteiger partial charge is 0.494 e. The minimum absolute atomic E-state index is 0.259. The average molecular weight is 447 g/mol. The molecule has 0 saturated heterocycles. The molecule has 3 heterocycles. The molecule has 0 aliphatic carbocycles. The molecule has 0 saturated carbocycles. The summed E-state index contributed by atoms with van der Waals surface area (Å²) in [6.07, 6.45) is 1.47. The van der Waals surface area contributed by atoms with Crippen molar-refractivity contribution in [3.05, 3.63) is 88.6 Å². The Labute approximate surface area is 188 Å². The monoisotopic (exact) mass is 446 g/mol. The molecule has 2 N–H and O–H groups in total. The van der Waals surface area contributed by atoms with Gasteiger partial charge in [-0.25, -0.2) is 9.67 Å². The zero-order chi connectivity index (χ0) is 22.2. The predicted octanol–water partition coefficient (Wildman–Crippen LogP) is 4.16. The van der Waals surface area contributed by atoms with Crippen LogP contribution in [0.25, 0.3) is 10.9 Å². The Bertz CT molecular complexity index is 1360. The van der Waals surface area contributed by atoms with Gasteiger partial charge in [0.1, 0.15) is 23.6 Å². The third-order valence-corrected chi connectivity index (χ3v) is 5.61. The number of para-hydroxylation sites is 1. The van der Waals surface area contributed by atoms with Crippen LogP contribution in [-0.4, -0.2) is 32.8 Å². The van der Waals surface area contributed by atoms with Gasteiger partial charge < -0.3 is 15.4 Å². The molecule has 4 aromatic rings. The van der Waals surface area contributed by atoms with Crippen LogP contribution in [0.1, 0.15) is 29.0 Å². The summed E-state index contributed by atoms with van der Waals surface area (Å²) in [7, 11) is 1.62. The molecule has 5 rings (SSSR count). The first-order valence-corrected chi connectivity index (χ1v) is 10.3. The number of allylic oxidation sites excluding steroid dienone is 2. The number of aromatic nitrogens is 4. The second-order valence-corrected chi connectivity index (χ2v) is 7.76. The molecule has 1 atom stereocenters. The maximum atomic E-state index is 13.0. The molecule has 0 bridgehead atoms. The Hall–Kier alpha value is -3.91. The molecule has 32 heavy (non-hydrogen) atoms. The van der Waals surface area contributed by atoms with Crippen molar-refractivity contribution < 1.29 is 9.53 Å². The maximum Gasteiger partial charge on any atom is 0.255 e. The van der Waals surface area contributed by atoms with Gasteiger partial charge in [0, 0.05) is 21.7 Å². The molecule has 2 aromatic heterocycles. The molecule has 160 valence electrons. The Morgan fingerprint density at radius 2 is 1.97 bits per heavy atom. The van der Waals surface area contributed by atoms with E-state index >= 15 is 0 Å². The fraction of sp³-hybridized carbons (Fsp3) is 0.130. The van der Waals surface area contributed by atoms with Gasteiger partial charge in [-0.3, -0.25) is 4.79 Å². The molecule has 1 aliphatic heterocycles. The Morgan fingerprint density at radius 3 is 2.75 bits per heavy atom. The van der Waals surface area contributed by atoms with Crippen LogP contribution in [0.2, 0.25) is 5.02 Å². The number of hydrogen-bond acceptors (Lipinski definition) is 6. The van der Waals surface area contributed by atoms with Crippen LogP contribution in [0.15, 0.2) is 72.3 Å². The number of nitrogens with one attached hydrogen (secondary N) is 2. The molecule has 1 aliphatic rings. The highest BCUT2D eigenvalue weighted by atomic mass is 35.5. The maximum absolute atomic E-state index is 13.0. The van der Waals surface area contributed by atoms with Crippen LogP contribution in [0, 0.1) is 0 Å². The molecule has 0 fully saturated rings. The minimum Gasteiger partial charge on any atom is -0.494 e. The number of pyridine rings is 1. The normalized spacial score (nSPS) is 15.3. The second kappa shape index (κ2) is 7.97. The fourth-order valence-corrected chi connectivity index (χ4v) is 3.90. The van der Waals surface area contributed by atoms with Crippen LogP contribution in [0.5, 0.6) is 5.75 Å². The second-order valence-electron chi connectivity index (χ2n) is 7.32. The van der Waals surface area contributed by atoms with E-state index in [0.717, 1.165) is 16.6 Å². The van der Waals surface area contributed by atoms with Crippen molar-refractivity contribution in [2.75, 3.05) is 12.4 Å². The molecule has 1 amide bonds. The van der Waals surface area contributed by atoms with E-state index in [1.807, 2.05) is 37.3 Å². The van der Waals surface area contributed by atoms with E-state index in [9.17, 15) is 4.79 Å². The van der Waals surface area contributed by atoms with Crippen LogP contribution in [0.3, 0.4) is 0 Å². The number of amides is 1. The standard InChI is InChI=1S/C23H19ClN6O2/c1-13-19(29-22(31)15-6-9-16(24)10-7-15)21(30-23(27-13)25-12-26-30)17-11-8-14-4-3-5-18(32-2)20(14)28-17/h3-12,21H,1-2H3,(H,29,31)(H,25,26,27). The average Bonchev–Trinajstić information content (AvgIpc) is 3.27. The summed E-state index contributed by atoms with van der Waals surface area (Å²) >= 11 is 5.96. The summed E-state index contributed by atoms with van der Waals surface area (Å²) < 4.78 is 7.20. The summed E-state index contributed by atoms with van der Waals surface area (Å²) in [5.41, 5.74) is 3.30. The first kappa shape index (κ1) is 20.0. The SMILES string of the molecule is COc1cccc2ccc(C3C(NC(=O)c4ccc(Cl)cc4)=C(C)Nc4ncnn43)nc12. The third-order valence-electron chi connectivity index (χ3n) is 5.35. The molecule has 1 unspecified atom stereocenters. The highest BCUT2D eigenvalue weighted by Gasteiger charge is 2.32. The topological polar surface area (TPSA) is 94.0 Å². The van der Waals surface area contributed by atoms with Crippen molar-refractivity contribution in [2.45, 2.75) is 13.0 Å². The van der Waals surface area contributed by atoms with Crippen LogP contribution >= 0.6 is 11.6 Å². The van der Waals surface area contributed by atoms with Gasteiger partial charge >= 0.3 is 0 Å². The van der Waals surface area contributed by atoms with Crippen LogP contribution < -0.4 is 15.4 Å². The number of fused-ring (bicyclic) bond motifs is 2. The van der Waals surface area contributed by atoms with E-state index in [2.05, 4.69) is 20.7 Å². The zero-order valence-electron chi connectivity index (χ0n) is 17.3. The number of methoxy groups -OCH3 is 1. The first-order valence-electron chi connectivity index (χ1n) is 9.93. The summed E-state index contributed by atoms with van der Waals surface area (Å²) in [5.74, 6) is 0.980. The van der Waals surface area contributed by atoms with Crippen molar-refractivity contribution in [3.8, 4) is 5.75 Å². The molecule has 9 heteroatoms. The van der Waals surface area contributed by atoms with Gasteiger partial charge in [0.05, 0.1) is 18.5 Å². The highest BCUT2D eigenvalue weighted by molar-refractivity contribution is 6.30. The highest BCUT2D eigenvalue weighted by Crippen LogP contribution is 2.34. The van der Waals surface area contributed by atoms with Gasteiger partial charge in [-0.2, -0.15) is 10.1 Å². The van der Waals surface area contributed by atoms with Crippen LogP contribution in [-0.2, 0) is 0 Å². The molecule has 8 nitrogen and oxygen atoms in total. The van der Waals surface area contributed by atoms with E-state index in [1.165, 1.54) is 6.33 Å². The summed E-state index contributed by atoms with van der Waals surface area (Å²) in [6, 6.07) is 15.9. The van der Waals surface area contributed by atoms with E-state index in [4.69, 9.17) is 21.3 Å². The fourth-order valence-electron chi connectivity index (χ4n) is 3.77. The van der Waals surface area contributed by atoms with Gasteiger partial charge in [0.15, 0.2) is 0 Å². The number of benzene rings is 2. The number of halogens is 1. The lowest BCUT2D eigenvalue weighted by Gasteiger charge is -2.29. The number of hydrogen-bond donors (Lipinski definition) is 2. The molecular formula is C23H19ClN6O2. The van der Waals surface area contributed by atoms with Gasteiger partial charge in [-0.15, -0.1) is 0 Å². The summed E-state index contributed by atoms with van der Waals surface area (Å²) in [6.45, 7) is 1.88. The molecule has 2 aromatic carbocycles. The number of anilines is 1. The predicted molar refractivity (Wildman–Crippen MR) is 122 cm³/mol. The van der Waals surface area contributed by atoms with E-state index in [-0.39, 0.29) is 5.91 Å². The minimum atomic E-state index is -0.487. The summed E-state index contributed by atoms with van der Waals surface area (Å²) in [5, 5.41) is 12.1. The molecule has 0 spiro atoms. The smallest absolute Gasteiger partial charge is 0.255 e. The first-order chi connectivity index (χ1) is 15.5. The Kier molecular flexibility index (Phi) is 4.99. The van der Waals surface area contributed by atoms with Crippen molar-refractivity contribution in [3.63, 3.8) is 0 Å². The number of ether oxygens (including phenoxy) is 1. The van der Waals surface area contributed by atoms with E-state index in [0.29, 0.717) is 33.7 Å². The van der Waals surface area contributed by atoms with E-state index < -0.39 is 6.04 Å². The lowest BCUT2D eigenvalue weighted by Crippen LogP contribution is -2.35.